The van der Waals surface area contributed by atoms with E-state index in [-0.39, 0.29) is 0 Å². The molecule has 72 valence electrons. The van der Waals surface area contributed by atoms with Gasteiger partial charge in [-0.15, -0.1) is 0 Å². The van der Waals surface area contributed by atoms with Gasteiger partial charge in [0.25, 0.3) is 0 Å². The summed E-state index contributed by atoms with van der Waals surface area (Å²) >= 11 is 2.17. The molecule has 0 unspecified atom stereocenters. The Hall–Kier alpha value is -0.690. The molecule has 1 aromatic rings. The molecule has 0 radical (unpaired) electrons. The molecule has 14 heavy (non-hydrogen) atoms. The van der Waals surface area contributed by atoms with Crippen LogP contribution in [0.15, 0.2) is 36.4 Å². The first-order valence-electron chi connectivity index (χ1n) is 5.26. The van der Waals surface area contributed by atoms with Crippen LogP contribution in [0.4, 0.5) is 0 Å². The van der Waals surface area contributed by atoms with E-state index in [0.29, 0.717) is 4.75 Å². The third-order valence-corrected chi connectivity index (χ3v) is 4.85. The summed E-state index contributed by atoms with van der Waals surface area (Å²) in [4.78, 5) is 0. The zero-order valence-electron chi connectivity index (χ0n) is 8.20. The normalized spacial score (nSPS) is 23.3. The number of benzene rings is 1. The summed E-state index contributed by atoms with van der Waals surface area (Å²) in [6, 6.07) is 10.8. The Morgan fingerprint density at radius 1 is 1.07 bits per heavy atom. The molecular weight excluding hydrogens is 188 g/mol. The SMILES string of the molecule is C1=C(c2ccccc2)CSC2(C1)CC2. The zero-order chi connectivity index (χ0) is 9.43. The number of allylic oxidation sites excluding steroid dienone is 1. The van der Waals surface area contributed by atoms with Crippen molar-refractivity contribution in [3.8, 4) is 0 Å². The molecule has 0 atom stereocenters. The van der Waals surface area contributed by atoms with Crippen LogP contribution in [0.3, 0.4) is 0 Å². The van der Waals surface area contributed by atoms with Gasteiger partial charge >= 0.3 is 0 Å². The lowest BCUT2D eigenvalue weighted by Gasteiger charge is -2.20. The van der Waals surface area contributed by atoms with Crippen LogP contribution >= 0.6 is 11.8 Å². The topological polar surface area (TPSA) is 0 Å². The van der Waals surface area contributed by atoms with Gasteiger partial charge in [0, 0.05) is 10.5 Å². The van der Waals surface area contributed by atoms with Gasteiger partial charge in [0.05, 0.1) is 0 Å². The fourth-order valence-corrected chi connectivity index (χ4v) is 3.34. The first-order chi connectivity index (χ1) is 6.88. The molecule has 1 aliphatic heterocycles. The minimum atomic E-state index is 0.679. The van der Waals surface area contributed by atoms with Crippen molar-refractivity contribution < 1.29 is 0 Å². The van der Waals surface area contributed by atoms with Crippen LogP contribution in [0.2, 0.25) is 0 Å². The number of hydrogen-bond donors (Lipinski definition) is 0. The average Bonchev–Trinajstić information content (AvgIpc) is 3.01. The minimum absolute atomic E-state index is 0.679. The Labute approximate surface area is 89.4 Å². The maximum atomic E-state index is 2.46. The smallest absolute Gasteiger partial charge is 0.0199 e. The lowest BCUT2D eigenvalue weighted by molar-refractivity contribution is 0.916. The largest absolute Gasteiger partial charge is 0.150 e. The van der Waals surface area contributed by atoms with E-state index in [0.717, 1.165) is 0 Å². The highest BCUT2D eigenvalue weighted by Gasteiger charge is 2.43. The van der Waals surface area contributed by atoms with Crippen LogP contribution in [-0.4, -0.2) is 10.5 Å². The van der Waals surface area contributed by atoms with E-state index < -0.39 is 0 Å². The lowest BCUT2D eigenvalue weighted by Crippen LogP contribution is -2.08. The molecule has 0 N–H and O–H groups in total. The van der Waals surface area contributed by atoms with Crippen molar-refractivity contribution in [2.75, 3.05) is 5.75 Å². The van der Waals surface area contributed by atoms with Crippen LogP contribution in [0.5, 0.6) is 0 Å². The Bertz CT molecular complexity index is 360. The third-order valence-electron chi connectivity index (χ3n) is 3.21. The molecule has 1 heteroatoms. The number of rotatable bonds is 1. The van der Waals surface area contributed by atoms with Crippen LogP contribution in [-0.2, 0) is 0 Å². The van der Waals surface area contributed by atoms with E-state index in [1.54, 1.807) is 0 Å². The molecule has 1 fully saturated rings. The van der Waals surface area contributed by atoms with Crippen molar-refractivity contribution in [2.24, 2.45) is 0 Å². The molecule has 0 amide bonds. The second-order valence-electron chi connectivity index (χ2n) is 4.27. The molecule has 1 aliphatic carbocycles. The van der Waals surface area contributed by atoms with Crippen molar-refractivity contribution in [3.05, 3.63) is 42.0 Å². The van der Waals surface area contributed by atoms with Gasteiger partial charge in [-0.2, -0.15) is 11.8 Å². The summed E-state index contributed by atoms with van der Waals surface area (Å²) in [7, 11) is 0. The van der Waals surface area contributed by atoms with Crippen molar-refractivity contribution in [1.82, 2.24) is 0 Å². The second kappa shape index (κ2) is 3.16. The van der Waals surface area contributed by atoms with E-state index in [9.17, 15) is 0 Å². The Morgan fingerprint density at radius 3 is 2.43 bits per heavy atom. The molecule has 0 saturated heterocycles. The summed E-state index contributed by atoms with van der Waals surface area (Å²) in [6.07, 6.45) is 6.63. The van der Waals surface area contributed by atoms with E-state index in [1.165, 1.54) is 36.2 Å². The van der Waals surface area contributed by atoms with Gasteiger partial charge in [-0.1, -0.05) is 36.4 Å². The third kappa shape index (κ3) is 1.50. The highest BCUT2D eigenvalue weighted by Crippen LogP contribution is 2.55. The number of thioether (sulfide) groups is 1. The van der Waals surface area contributed by atoms with Crippen molar-refractivity contribution in [1.29, 1.82) is 0 Å². The fourth-order valence-electron chi connectivity index (χ4n) is 2.00. The van der Waals surface area contributed by atoms with Gasteiger partial charge in [-0.3, -0.25) is 0 Å². The van der Waals surface area contributed by atoms with E-state index >= 15 is 0 Å². The van der Waals surface area contributed by atoms with Crippen LogP contribution in [0.1, 0.15) is 24.8 Å². The molecule has 3 rings (SSSR count). The Morgan fingerprint density at radius 2 is 1.86 bits per heavy atom. The van der Waals surface area contributed by atoms with Gasteiger partial charge < -0.3 is 0 Å². The van der Waals surface area contributed by atoms with Crippen molar-refractivity contribution >= 4 is 17.3 Å². The van der Waals surface area contributed by atoms with Crippen LogP contribution in [0, 0.1) is 0 Å². The molecule has 0 aromatic heterocycles. The molecule has 1 saturated carbocycles. The molecular formula is C13H14S. The van der Waals surface area contributed by atoms with Crippen LogP contribution in [0.25, 0.3) is 5.57 Å². The molecule has 2 aliphatic rings. The first-order valence-corrected chi connectivity index (χ1v) is 6.25. The Kier molecular flexibility index (Phi) is 1.94. The number of hydrogen-bond acceptors (Lipinski definition) is 1. The van der Waals surface area contributed by atoms with Gasteiger partial charge in [0.1, 0.15) is 0 Å². The molecule has 1 spiro atoms. The summed E-state index contributed by atoms with van der Waals surface area (Å²) in [5.41, 5.74) is 2.95. The maximum absolute atomic E-state index is 2.46. The standard InChI is InChI=1S/C13H14S/c1-2-4-11(5-3-1)12-6-7-13(8-9-13)14-10-12/h1-6H,7-10H2. The summed E-state index contributed by atoms with van der Waals surface area (Å²) in [5.74, 6) is 1.21. The predicted octanol–water partition coefficient (Wildman–Crippen LogP) is 3.74. The highest BCUT2D eigenvalue weighted by molar-refractivity contribution is 8.01. The van der Waals surface area contributed by atoms with Crippen molar-refractivity contribution in [2.45, 2.75) is 24.0 Å². The Balaban J connectivity index is 1.84. The minimum Gasteiger partial charge on any atom is -0.150 e. The fraction of sp³-hybridized carbons (Fsp3) is 0.385. The van der Waals surface area contributed by atoms with E-state index in [4.69, 9.17) is 0 Å². The van der Waals surface area contributed by atoms with Gasteiger partial charge in [-0.25, -0.2) is 0 Å². The highest BCUT2D eigenvalue weighted by atomic mass is 32.2. The first kappa shape index (κ1) is 8.60. The maximum Gasteiger partial charge on any atom is 0.0199 e. The van der Waals surface area contributed by atoms with Crippen LogP contribution < -0.4 is 0 Å². The monoisotopic (exact) mass is 202 g/mol. The summed E-state index contributed by atoms with van der Waals surface area (Å²) in [5, 5.41) is 0. The van der Waals surface area contributed by atoms with Gasteiger partial charge in [-0.05, 0) is 30.4 Å². The quantitative estimate of drug-likeness (QED) is 0.668. The summed E-state index contributed by atoms with van der Waals surface area (Å²) in [6.45, 7) is 0. The van der Waals surface area contributed by atoms with E-state index in [1.807, 2.05) is 0 Å². The van der Waals surface area contributed by atoms with Gasteiger partial charge in [0.15, 0.2) is 0 Å². The lowest BCUT2D eigenvalue weighted by atomic mass is 10.0. The molecule has 1 heterocycles. The molecule has 0 bridgehead atoms. The zero-order valence-corrected chi connectivity index (χ0v) is 9.02. The molecule has 0 nitrogen and oxygen atoms in total. The average molecular weight is 202 g/mol. The van der Waals surface area contributed by atoms with E-state index in [2.05, 4.69) is 48.2 Å². The van der Waals surface area contributed by atoms with Crippen molar-refractivity contribution in [3.63, 3.8) is 0 Å². The predicted molar refractivity (Wildman–Crippen MR) is 63.5 cm³/mol. The summed E-state index contributed by atoms with van der Waals surface area (Å²) < 4.78 is 0.679. The molecule has 1 aromatic carbocycles. The second-order valence-corrected chi connectivity index (χ2v) is 5.71. The van der Waals surface area contributed by atoms with Gasteiger partial charge in [0.2, 0.25) is 0 Å².